The van der Waals surface area contributed by atoms with Crippen LogP contribution in [0, 0.1) is 5.92 Å². The zero-order valence-corrected chi connectivity index (χ0v) is 33.6. The number of hydrogen-bond donors (Lipinski definition) is 4. The molecule has 1 rings (SSSR count). The second-order valence-corrected chi connectivity index (χ2v) is 15.9. The molecule has 0 spiro atoms. The number of esters is 1. The summed E-state index contributed by atoms with van der Waals surface area (Å²) in [7, 11) is 0. The fourth-order valence-electron chi connectivity index (χ4n) is 7.21. The molecule has 0 heterocycles. The molecule has 6 atom stereocenters. The number of aliphatic hydroxyl groups excluding tert-OH is 4. The third kappa shape index (κ3) is 25.8. The molecule has 0 aromatic rings. The van der Waals surface area contributed by atoms with E-state index in [9.17, 15) is 25.2 Å². The van der Waals surface area contributed by atoms with E-state index in [0.29, 0.717) is 18.9 Å². The van der Waals surface area contributed by atoms with Crippen LogP contribution < -0.4 is 0 Å². The van der Waals surface area contributed by atoms with Gasteiger partial charge in [-0.3, -0.25) is 4.79 Å². The molecule has 1 aliphatic carbocycles. The first-order valence-electron chi connectivity index (χ1n) is 21.9. The van der Waals surface area contributed by atoms with E-state index in [1.165, 1.54) is 154 Å². The summed E-state index contributed by atoms with van der Waals surface area (Å²) in [6.45, 7) is 7.40. The Kier molecular flexibility index (Phi) is 32.0. The number of rotatable bonds is 37. The van der Waals surface area contributed by atoms with Crippen molar-refractivity contribution in [2.24, 2.45) is 5.92 Å². The Labute approximate surface area is 314 Å². The lowest BCUT2D eigenvalue weighted by molar-refractivity contribution is -0.163. The number of carbonyl (C=O) groups excluding carboxylic acids is 1. The molecule has 304 valence electrons. The molecule has 8 heteroatoms. The Morgan fingerprint density at radius 2 is 0.902 bits per heavy atom. The summed E-state index contributed by atoms with van der Waals surface area (Å²) in [5.74, 6) is 0.247. The van der Waals surface area contributed by atoms with Gasteiger partial charge in [0.05, 0.1) is 13.2 Å². The van der Waals surface area contributed by atoms with Crippen LogP contribution in [0.25, 0.3) is 0 Å². The average Bonchev–Trinajstić information content (AvgIpc) is 3.30. The van der Waals surface area contributed by atoms with Gasteiger partial charge in [0.25, 0.3) is 0 Å². The van der Waals surface area contributed by atoms with E-state index in [0.717, 1.165) is 25.7 Å². The van der Waals surface area contributed by atoms with Gasteiger partial charge in [0, 0.05) is 13.0 Å². The van der Waals surface area contributed by atoms with Crippen LogP contribution in [0.2, 0.25) is 0 Å². The summed E-state index contributed by atoms with van der Waals surface area (Å²) in [5.41, 5.74) is 0. The minimum atomic E-state index is -1.49. The van der Waals surface area contributed by atoms with Crippen LogP contribution in [0.1, 0.15) is 207 Å². The third-order valence-electron chi connectivity index (χ3n) is 10.8. The molecule has 1 fully saturated rings. The van der Waals surface area contributed by atoms with E-state index in [1.807, 2.05) is 0 Å². The van der Waals surface area contributed by atoms with Crippen molar-refractivity contribution in [1.82, 2.24) is 0 Å². The quantitative estimate of drug-likeness (QED) is 0.0368. The van der Waals surface area contributed by atoms with Crippen molar-refractivity contribution in [3.8, 4) is 0 Å². The number of unbranched alkanes of at least 4 members (excludes halogenated alkanes) is 24. The Morgan fingerprint density at radius 1 is 0.510 bits per heavy atom. The maximum atomic E-state index is 12.7. The molecule has 1 aliphatic rings. The summed E-state index contributed by atoms with van der Waals surface area (Å²) in [6.07, 6.45) is 28.5. The topological polar surface area (TPSA) is 126 Å². The highest BCUT2D eigenvalue weighted by Crippen LogP contribution is 2.25. The van der Waals surface area contributed by atoms with Crippen LogP contribution in [-0.2, 0) is 19.0 Å². The van der Waals surface area contributed by atoms with Crippen LogP contribution in [-0.4, -0.2) is 82.8 Å². The fraction of sp³-hybridized carbons (Fsp3) is 0.977. The summed E-state index contributed by atoms with van der Waals surface area (Å²) in [6, 6.07) is 0. The Hall–Kier alpha value is -0.770. The average molecular weight is 729 g/mol. The first-order chi connectivity index (χ1) is 24.8. The van der Waals surface area contributed by atoms with Gasteiger partial charge >= 0.3 is 5.97 Å². The molecule has 51 heavy (non-hydrogen) atoms. The Balaban J connectivity index is 2.24. The van der Waals surface area contributed by atoms with Crippen molar-refractivity contribution in [3.05, 3.63) is 0 Å². The van der Waals surface area contributed by atoms with Crippen LogP contribution in [0.15, 0.2) is 0 Å². The third-order valence-corrected chi connectivity index (χ3v) is 10.8. The lowest BCUT2D eigenvalue weighted by atomic mass is 9.99. The molecule has 0 amide bonds. The highest BCUT2D eigenvalue weighted by Gasteiger charge is 2.49. The summed E-state index contributed by atoms with van der Waals surface area (Å²) in [5, 5.41) is 40.3. The first kappa shape index (κ1) is 48.2. The Bertz CT molecular complexity index is 752. The van der Waals surface area contributed by atoms with Gasteiger partial charge in [0.15, 0.2) is 0 Å². The fourth-order valence-corrected chi connectivity index (χ4v) is 7.21. The van der Waals surface area contributed by atoms with Crippen molar-refractivity contribution in [2.45, 2.75) is 244 Å². The second-order valence-electron chi connectivity index (χ2n) is 15.9. The second kappa shape index (κ2) is 33.8. The normalized spacial score (nSPS) is 21.7. The van der Waals surface area contributed by atoms with Gasteiger partial charge in [0.1, 0.15) is 36.6 Å². The molecule has 1 saturated carbocycles. The van der Waals surface area contributed by atoms with E-state index in [2.05, 4.69) is 20.8 Å². The molecule has 8 nitrogen and oxygen atoms in total. The van der Waals surface area contributed by atoms with Crippen molar-refractivity contribution in [1.29, 1.82) is 0 Å². The smallest absolute Gasteiger partial charge is 0.306 e. The highest BCUT2D eigenvalue weighted by atomic mass is 16.6. The van der Waals surface area contributed by atoms with Gasteiger partial charge in [-0.2, -0.15) is 0 Å². The van der Waals surface area contributed by atoms with Crippen LogP contribution in [0.3, 0.4) is 0 Å². The molecule has 0 bridgehead atoms. The zero-order valence-electron chi connectivity index (χ0n) is 33.6. The van der Waals surface area contributed by atoms with Gasteiger partial charge in [-0.05, 0) is 18.8 Å². The first-order valence-corrected chi connectivity index (χ1v) is 21.9. The molecule has 0 saturated heterocycles. The molecule has 0 radical (unpaired) electrons. The van der Waals surface area contributed by atoms with Gasteiger partial charge in [-0.1, -0.05) is 188 Å². The molecule has 0 aliphatic heterocycles. The van der Waals surface area contributed by atoms with Crippen LogP contribution in [0.4, 0.5) is 0 Å². The Morgan fingerprint density at radius 3 is 1.33 bits per heavy atom. The van der Waals surface area contributed by atoms with Crippen molar-refractivity contribution < 1.29 is 39.4 Å². The van der Waals surface area contributed by atoms with E-state index >= 15 is 0 Å². The van der Waals surface area contributed by atoms with Crippen LogP contribution >= 0.6 is 0 Å². The predicted octanol–water partition coefficient (Wildman–Crippen LogP) is 9.75. The largest absolute Gasteiger partial charge is 0.457 e. The van der Waals surface area contributed by atoms with Crippen molar-refractivity contribution >= 4 is 5.97 Å². The van der Waals surface area contributed by atoms with Gasteiger partial charge < -0.3 is 34.6 Å². The van der Waals surface area contributed by atoms with E-state index < -0.39 is 36.6 Å². The van der Waals surface area contributed by atoms with Crippen molar-refractivity contribution in [3.63, 3.8) is 0 Å². The number of hydrogen-bond acceptors (Lipinski definition) is 8. The zero-order chi connectivity index (χ0) is 37.4. The van der Waals surface area contributed by atoms with Gasteiger partial charge in [-0.15, -0.1) is 0 Å². The molecule has 6 unspecified atom stereocenters. The highest BCUT2D eigenvalue weighted by molar-refractivity contribution is 5.69. The van der Waals surface area contributed by atoms with E-state index in [1.54, 1.807) is 0 Å². The summed E-state index contributed by atoms with van der Waals surface area (Å²) < 4.78 is 17.3. The molecule has 4 N–H and O–H groups in total. The molecule has 0 aromatic heterocycles. The maximum Gasteiger partial charge on any atom is 0.306 e. The van der Waals surface area contributed by atoms with Crippen molar-refractivity contribution in [2.75, 3.05) is 19.8 Å². The lowest BCUT2D eigenvalue weighted by Gasteiger charge is -2.24. The predicted molar refractivity (Wildman–Crippen MR) is 209 cm³/mol. The van der Waals surface area contributed by atoms with Gasteiger partial charge in [0.2, 0.25) is 0 Å². The summed E-state index contributed by atoms with van der Waals surface area (Å²) in [4.78, 5) is 12.7. The number of ether oxygens (including phenoxy) is 3. The summed E-state index contributed by atoms with van der Waals surface area (Å²) >= 11 is 0. The minimum Gasteiger partial charge on any atom is -0.457 e. The lowest BCUT2D eigenvalue weighted by Crippen LogP contribution is -2.39. The molecular formula is C43H84O8. The number of aliphatic hydroxyl groups is 4. The van der Waals surface area contributed by atoms with Gasteiger partial charge in [-0.25, -0.2) is 0 Å². The minimum absolute atomic E-state index is 0.100. The number of carbonyl (C=O) groups is 1. The van der Waals surface area contributed by atoms with Crippen LogP contribution in [0.5, 0.6) is 0 Å². The van der Waals surface area contributed by atoms with E-state index in [4.69, 9.17) is 14.2 Å². The van der Waals surface area contributed by atoms with E-state index in [-0.39, 0.29) is 19.2 Å². The molecule has 0 aromatic carbocycles. The standard InChI is InChI=1S/C43H84O8/c1-4-6-8-10-12-14-16-17-18-19-21-23-25-27-29-31-38(44)51-37(35-50-43-41(47)39(45)40(46)42(43)48)34-49-33-32-36(3)30-28-26-24-22-20-15-13-11-9-7-5-2/h36-37,39-43,45-48H,4-35H2,1-3H3. The SMILES string of the molecule is CCCCCCCCCCCCCCCCCC(=O)OC(COCCC(C)CCCCCCCCCCCCC)COC1C(O)C(O)C(O)C1O. The molecular weight excluding hydrogens is 644 g/mol. The monoisotopic (exact) mass is 729 g/mol. The maximum absolute atomic E-state index is 12.7.